The first-order valence-corrected chi connectivity index (χ1v) is 8.68. The van der Waals surface area contributed by atoms with Crippen LogP contribution >= 0.6 is 0 Å². The monoisotopic (exact) mass is 366 g/mol. The number of aryl methyl sites for hydroxylation is 1. The molecule has 0 spiro atoms. The fraction of sp³-hybridized carbons (Fsp3) is 0.250. The molecule has 2 N–H and O–H groups in total. The van der Waals surface area contributed by atoms with E-state index in [1.54, 1.807) is 35.9 Å². The van der Waals surface area contributed by atoms with Crippen LogP contribution < -0.4 is 10.6 Å². The average molecular weight is 366 g/mol. The standard InChI is InChI=1S/C20H22N4O3/c1-14-6-5-7-15(12-14)13-22-20(26)18-23-17(19(25)21-9-11-27-2)16-8-3-4-10-24(16)18/h3-8,10,12H,9,11,13H2,1-2H3,(H,21,25)(H,22,26). The molecule has 2 heterocycles. The molecule has 7 nitrogen and oxygen atoms in total. The van der Waals surface area contributed by atoms with Crippen molar-refractivity contribution in [3.63, 3.8) is 0 Å². The first-order chi connectivity index (χ1) is 13.1. The number of imidazole rings is 1. The molecule has 0 saturated heterocycles. The van der Waals surface area contributed by atoms with Crippen LogP contribution in [0.25, 0.3) is 5.52 Å². The Morgan fingerprint density at radius 1 is 1.11 bits per heavy atom. The maximum Gasteiger partial charge on any atom is 0.287 e. The highest BCUT2D eigenvalue weighted by Gasteiger charge is 2.21. The topological polar surface area (TPSA) is 84.7 Å². The summed E-state index contributed by atoms with van der Waals surface area (Å²) in [6.45, 7) is 3.16. The molecule has 0 aliphatic carbocycles. The fourth-order valence-corrected chi connectivity index (χ4v) is 2.80. The molecule has 140 valence electrons. The number of hydrogen-bond acceptors (Lipinski definition) is 4. The molecule has 2 aromatic heterocycles. The minimum atomic E-state index is -0.339. The van der Waals surface area contributed by atoms with Gasteiger partial charge in [0.25, 0.3) is 11.8 Å². The molecule has 27 heavy (non-hydrogen) atoms. The van der Waals surface area contributed by atoms with Crippen molar-refractivity contribution in [3.8, 4) is 0 Å². The van der Waals surface area contributed by atoms with Crippen molar-refractivity contribution >= 4 is 17.3 Å². The van der Waals surface area contributed by atoms with Gasteiger partial charge in [0, 0.05) is 26.4 Å². The van der Waals surface area contributed by atoms with Gasteiger partial charge in [0.15, 0.2) is 5.69 Å². The zero-order chi connectivity index (χ0) is 19.2. The quantitative estimate of drug-likeness (QED) is 0.626. The number of nitrogens with zero attached hydrogens (tertiary/aromatic N) is 2. The Bertz CT molecular complexity index is 965. The number of aromatic nitrogens is 2. The number of benzene rings is 1. The summed E-state index contributed by atoms with van der Waals surface area (Å²) in [4.78, 5) is 29.4. The van der Waals surface area contributed by atoms with E-state index < -0.39 is 0 Å². The van der Waals surface area contributed by atoms with Crippen molar-refractivity contribution < 1.29 is 14.3 Å². The third kappa shape index (κ3) is 4.32. The number of pyridine rings is 1. The second-order valence-corrected chi connectivity index (χ2v) is 6.16. The van der Waals surface area contributed by atoms with E-state index in [0.29, 0.717) is 25.2 Å². The zero-order valence-corrected chi connectivity index (χ0v) is 15.4. The van der Waals surface area contributed by atoms with Gasteiger partial charge < -0.3 is 15.4 Å². The first-order valence-electron chi connectivity index (χ1n) is 8.68. The van der Waals surface area contributed by atoms with Crippen LogP contribution in [0.5, 0.6) is 0 Å². The van der Waals surface area contributed by atoms with Crippen molar-refractivity contribution in [3.05, 3.63) is 71.3 Å². The van der Waals surface area contributed by atoms with E-state index in [1.165, 1.54) is 0 Å². The number of methoxy groups -OCH3 is 1. The third-order valence-electron chi connectivity index (χ3n) is 4.09. The molecule has 0 aliphatic heterocycles. The van der Waals surface area contributed by atoms with Gasteiger partial charge in [-0.1, -0.05) is 35.9 Å². The lowest BCUT2D eigenvalue weighted by molar-refractivity contribution is 0.0934. The van der Waals surface area contributed by atoms with Crippen molar-refractivity contribution in [2.75, 3.05) is 20.3 Å². The summed E-state index contributed by atoms with van der Waals surface area (Å²) in [5.41, 5.74) is 2.92. The molecule has 0 radical (unpaired) electrons. The van der Waals surface area contributed by atoms with E-state index in [-0.39, 0.29) is 23.3 Å². The molecule has 0 aliphatic rings. The highest BCUT2D eigenvalue weighted by molar-refractivity contribution is 6.02. The number of carbonyl (C=O) groups is 2. The van der Waals surface area contributed by atoms with Crippen molar-refractivity contribution in [2.24, 2.45) is 0 Å². The molecule has 0 unspecified atom stereocenters. The SMILES string of the molecule is COCCNC(=O)c1nc(C(=O)NCc2cccc(C)c2)n2ccccc12. The van der Waals surface area contributed by atoms with Crippen LogP contribution in [0.2, 0.25) is 0 Å². The summed E-state index contributed by atoms with van der Waals surface area (Å²) in [6, 6.07) is 13.3. The van der Waals surface area contributed by atoms with Crippen LogP contribution in [0.4, 0.5) is 0 Å². The molecule has 0 saturated carbocycles. The largest absolute Gasteiger partial charge is 0.383 e. The molecule has 3 aromatic rings. The summed E-state index contributed by atoms with van der Waals surface area (Å²) in [5, 5.41) is 5.60. The zero-order valence-electron chi connectivity index (χ0n) is 15.4. The lowest BCUT2D eigenvalue weighted by Gasteiger charge is -2.05. The lowest BCUT2D eigenvalue weighted by Crippen LogP contribution is -2.28. The van der Waals surface area contributed by atoms with Crippen LogP contribution in [0.3, 0.4) is 0 Å². The fourth-order valence-electron chi connectivity index (χ4n) is 2.80. The molecular weight excluding hydrogens is 344 g/mol. The van der Waals surface area contributed by atoms with E-state index in [4.69, 9.17) is 4.74 Å². The number of rotatable bonds is 7. The van der Waals surface area contributed by atoms with Gasteiger partial charge in [-0.2, -0.15) is 0 Å². The molecule has 2 amide bonds. The van der Waals surface area contributed by atoms with Gasteiger partial charge >= 0.3 is 0 Å². The summed E-state index contributed by atoms with van der Waals surface area (Å²) in [5.74, 6) is -0.503. The molecule has 0 atom stereocenters. The molecule has 0 fully saturated rings. The van der Waals surface area contributed by atoms with Gasteiger partial charge in [-0.05, 0) is 24.6 Å². The Morgan fingerprint density at radius 3 is 2.74 bits per heavy atom. The van der Waals surface area contributed by atoms with Crippen molar-refractivity contribution in [2.45, 2.75) is 13.5 Å². The third-order valence-corrected chi connectivity index (χ3v) is 4.09. The molecule has 1 aromatic carbocycles. The minimum Gasteiger partial charge on any atom is -0.383 e. The Morgan fingerprint density at radius 2 is 1.96 bits per heavy atom. The average Bonchev–Trinajstić information content (AvgIpc) is 3.06. The van der Waals surface area contributed by atoms with Crippen LogP contribution in [0, 0.1) is 6.92 Å². The van der Waals surface area contributed by atoms with Gasteiger partial charge in [-0.15, -0.1) is 0 Å². The predicted molar refractivity (Wildman–Crippen MR) is 102 cm³/mol. The highest BCUT2D eigenvalue weighted by Crippen LogP contribution is 2.13. The van der Waals surface area contributed by atoms with Gasteiger partial charge in [0.05, 0.1) is 12.1 Å². The maximum absolute atomic E-state index is 12.7. The van der Waals surface area contributed by atoms with E-state index in [9.17, 15) is 9.59 Å². The van der Waals surface area contributed by atoms with E-state index in [2.05, 4.69) is 15.6 Å². The van der Waals surface area contributed by atoms with Crippen LogP contribution in [0.15, 0.2) is 48.7 Å². The maximum atomic E-state index is 12.7. The van der Waals surface area contributed by atoms with Gasteiger partial charge in [0.2, 0.25) is 5.82 Å². The van der Waals surface area contributed by atoms with Gasteiger partial charge in [0.1, 0.15) is 0 Å². The molecule has 7 heteroatoms. The highest BCUT2D eigenvalue weighted by atomic mass is 16.5. The Labute approximate surface area is 157 Å². The molecule has 0 bridgehead atoms. The van der Waals surface area contributed by atoms with Crippen LogP contribution in [0.1, 0.15) is 32.2 Å². The second-order valence-electron chi connectivity index (χ2n) is 6.16. The lowest BCUT2D eigenvalue weighted by atomic mass is 10.1. The number of carbonyl (C=O) groups excluding carboxylic acids is 2. The summed E-state index contributed by atoms with van der Waals surface area (Å²) >= 11 is 0. The van der Waals surface area contributed by atoms with E-state index in [0.717, 1.165) is 11.1 Å². The number of ether oxygens (including phenoxy) is 1. The number of nitrogens with one attached hydrogen (secondary N) is 2. The normalized spacial score (nSPS) is 10.7. The van der Waals surface area contributed by atoms with Crippen molar-refractivity contribution in [1.82, 2.24) is 20.0 Å². The van der Waals surface area contributed by atoms with Gasteiger partial charge in [-0.3, -0.25) is 14.0 Å². The number of hydrogen-bond donors (Lipinski definition) is 2. The molecule has 3 rings (SSSR count). The van der Waals surface area contributed by atoms with Crippen LogP contribution in [-0.2, 0) is 11.3 Å². The van der Waals surface area contributed by atoms with E-state index in [1.807, 2.05) is 31.2 Å². The number of amides is 2. The second kappa shape index (κ2) is 8.46. The van der Waals surface area contributed by atoms with Gasteiger partial charge in [-0.25, -0.2) is 4.98 Å². The van der Waals surface area contributed by atoms with Crippen LogP contribution in [-0.4, -0.2) is 41.5 Å². The Kier molecular flexibility index (Phi) is 5.83. The smallest absolute Gasteiger partial charge is 0.287 e. The summed E-state index contributed by atoms with van der Waals surface area (Å²) < 4.78 is 6.56. The summed E-state index contributed by atoms with van der Waals surface area (Å²) in [7, 11) is 1.56. The van der Waals surface area contributed by atoms with E-state index >= 15 is 0 Å². The number of fused-ring (bicyclic) bond motifs is 1. The summed E-state index contributed by atoms with van der Waals surface area (Å²) in [6.07, 6.45) is 1.72. The first kappa shape index (κ1) is 18.6. The van der Waals surface area contributed by atoms with Crippen molar-refractivity contribution in [1.29, 1.82) is 0 Å². The Hall–Kier alpha value is -3.19. The Balaban J connectivity index is 1.81. The predicted octanol–water partition coefficient (Wildman–Crippen LogP) is 1.95. The molecular formula is C20H22N4O3. The minimum absolute atomic E-state index is 0.176.